The molecule has 8 heteroatoms. The maximum absolute atomic E-state index is 13.3. The Hall–Kier alpha value is -1.96. The molecule has 5 nitrogen and oxygen atoms in total. The number of halogens is 3. The van der Waals surface area contributed by atoms with Crippen molar-refractivity contribution in [2.45, 2.75) is 39.1 Å². The molecule has 22 heavy (non-hydrogen) atoms. The molecule has 0 aromatic carbocycles. The summed E-state index contributed by atoms with van der Waals surface area (Å²) >= 11 is 0. The van der Waals surface area contributed by atoms with Gasteiger partial charge < -0.3 is 5.11 Å². The first-order chi connectivity index (χ1) is 9.97. The van der Waals surface area contributed by atoms with Crippen LogP contribution < -0.4 is 0 Å². The van der Waals surface area contributed by atoms with E-state index in [0.717, 1.165) is 6.20 Å². The Morgan fingerprint density at radius 2 is 2.00 bits per heavy atom. The highest BCUT2D eigenvalue weighted by Crippen LogP contribution is 2.43. The number of nitrogens with zero attached hydrogens (tertiary/aromatic N) is 3. The molecule has 0 saturated heterocycles. The highest BCUT2D eigenvalue weighted by Gasteiger charge is 2.64. The summed E-state index contributed by atoms with van der Waals surface area (Å²) in [5, 5.41) is 14.0. The van der Waals surface area contributed by atoms with Gasteiger partial charge in [-0.2, -0.15) is 23.3 Å². The lowest BCUT2D eigenvalue weighted by Crippen LogP contribution is -2.56. The Kier molecular flexibility index (Phi) is 3.76. The summed E-state index contributed by atoms with van der Waals surface area (Å²) in [4.78, 5) is 16.0. The van der Waals surface area contributed by atoms with Crippen molar-refractivity contribution in [2.24, 2.45) is 10.5 Å². The normalized spacial score (nSPS) is 22.7. The zero-order valence-corrected chi connectivity index (χ0v) is 12.3. The van der Waals surface area contributed by atoms with Crippen molar-refractivity contribution < 1.29 is 23.1 Å². The molecule has 1 amide bonds. The number of amides is 1. The molecule has 1 unspecified atom stereocenters. The van der Waals surface area contributed by atoms with Crippen LogP contribution >= 0.6 is 0 Å². The van der Waals surface area contributed by atoms with Crippen LogP contribution in [0.2, 0.25) is 0 Å². The molecule has 0 saturated carbocycles. The first kappa shape index (κ1) is 16.4. The lowest BCUT2D eigenvalue weighted by Gasteiger charge is -2.32. The molecule has 0 bridgehead atoms. The summed E-state index contributed by atoms with van der Waals surface area (Å²) in [6, 6.07) is 2.74. The Bertz CT molecular complexity index is 608. The molecule has 0 aliphatic carbocycles. The van der Waals surface area contributed by atoms with Gasteiger partial charge in [0.15, 0.2) is 0 Å². The monoisotopic (exact) mass is 315 g/mol. The number of rotatable bonds is 1. The van der Waals surface area contributed by atoms with Crippen molar-refractivity contribution in [3.05, 3.63) is 30.1 Å². The van der Waals surface area contributed by atoms with Crippen LogP contribution in [0.1, 0.15) is 37.6 Å². The molecule has 1 aromatic heterocycles. The topological polar surface area (TPSA) is 65.8 Å². The van der Waals surface area contributed by atoms with E-state index in [1.54, 1.807) is 20.8 Å². The van der Waals surface area contributed by atoms with Crippen molar-refractivity contribution in [1.29, 1.82) is 0 Å². The quantitative estimate of drug-likeness (QED) is 0.866. The maximum Gasteiger partial charge on any atom is 0.438 e. The molecular weight excluding hydrogens is 299 g/mol. The summed E-state index contributed by atoms with van der Waals surface area (Å²) in [7, 11) is 0. The molecule has 2 heterocycles. The Morgan fingerprint density at radius 3 is 2.45 bits per heavy atom. The Labute approximate surface area is 125 Å². The third-order valence-electron chi connectivity index (χ3n) is 3.41. The van der Waals surface area contributed by atoms with E-state index < -0.39 is 29.6 Å². The van der Waals surface area contributed by atoms with E-state index in [1.165, 1.54) is 18.3 Å². The largest absolute Gasteiger partial charge is 0.438 e. The van der Waals surface area contributed by atoms with Gasteiger partial charge in [-0.3, -0.25) is 9.78 Å². The number of aromatic nitrogens is 1. The third-order valence-corrected chi connectivity index (χ3v) is 3.41. The van der Waals surface area contributed by atoms with Crippen LogP contribution in [0.5, 0.6) is 0 Å². The van der Waals surface area contributed by atoms with Crippen LogP contribution in [-0.4, -0.2) is 38.6 Å². The van der Waals surface area contributed by atoms with Crippen LogP contribution in [0.4, 0.5) is 13.2 Å². The Morgan fingerprint density at radius 1 is 1.36 bits per heavy atom. The fourth-order valence-corrected chi connectivity index (χ4v) is 2.01. The van der Waals surface area contributed by atoms with E-state index >= 15 is 0 Å². The van der Waals surface area contributed by atoms with E-state index in [-0.39, 0.29) is 16.3 Å². The Balaban J connectivity index is 2.48. The standard InChI is InChI=1S/C14H16F3N3O2/c1-12(2,3)10-7-13(22,14(15,16)17)20(19-10)11(21)9-5-4-6-18-8-9/h4-6,8,22H,7H2,1-3H3. The first-order valence-electron chi connectivity index (χ1n) is 6.58. The minimum Gasteiger partial charge on any atom is -0.362 e. The van der Waals surface area contributed by atoms with Gasteiger partial charge >= 0.3 is 6.18 Å². The van der Waals surface area contributed by atoms with Gasteiger partial charge in [0.05, 0.1) is 5.56 Å². The smallest absolute Gasteiger partial charge is 0.362 e. The fraction of sp³-hybridized carbons (Fsp3) is 0.500. The molecule has 0 fully saturated rings. The van der Waals surface area contributed by atoms with E-state index in [2.05, 4.69) is 10.1 Å². The zero-order chi connectivity index (χ0) is 16.8. The number of carbonyl (C=O) groups is 1. The lowest BCUT2D eigenvalue weighted by molar-refractivity contribution is -0.297. The summed E-state index contributed by atoms with van der Waals surface area (Å²) in [6.45, 7) is 5.00. The van der Waals surface area contributed by atoms with Gasteiger partial charge in [-0.15, -0.1) is 0 Å². The van der Waals surface area contributed by atoms with Crippen LogP contribution in [0, 0.1) is 5.41 Å². The first-order valence-corrected chi connectivity index (χ1v) is 6.58. The average Bonchev–Trinajstić information content (AvgIpc) is 2.78. The van der Waals surface area contributed by atoms with Gasteiger partial charge in [-0.1, -0.05) is 20.8 Å². The number of hydrogen-bond donors (Lipinski definition) is 1. The van der Waals surface area contributed by atoms with Gasteiger partial charge in [0, 0.05) is 29.9 Å². The molecule has 0 spiro atoms. The van der Waals surface area contributed by atoms with Gasteiger partial charge in [0.2, 0.25) is 0 Å². The number of pyridine rings is 1. The van der Waals surface area contributed by atoms with E-state index in [9.17, 15) is 23.1 Å². The van der Waals surface area contributed by atoms with Crippen LogP contribution in [0.25, 0.3) is 0 Å². The number of carbonyl (C=O) groups excluding carboxylic acids is 1. The minimum atomic E-state index is -5.03. The summed E-state index contributed by atoms with van der Waals surface area (Å²) in [5.41, 5.74) is -4.03. The van der Waals surface area contributed by atoms with Crippen molar-refractivity contribution in [2.75, 3.05) is 0 Å². The third kappa shape index (κ3) is 2.70. The molecule has 0 radical (unpaired) electrons. The molecular formula is C14H16F3N3O2. The van der Waals surface area contributed by atoms with Crippen molar-refractivity contribution in [1.82, 2.24) is 9.99 Å². The summed E-state index contributed by atoms with van der Waals surface area (Å²) < 4.78 is 39.9. The second-order valence-electron chi connectivity index (χ2n) is 6.15. The number of aliphatic hydroxyl groups is 1. The average molecular weight is 315 g/mol. The molecule has 2 rings (SSSR count). The van der Waals surface area contributed by atoms with Crippen LogP contribution in [0.3, 0.4) is 0 Å². The lowest BCUT2D eigenvalue weighted by atomic mass is 9.86. The molecule has 1 atom stereocenters. The highest BCUT2D eigenvalue weighted by atomic mass is 19.4. The second-order valence-corrected chi connectivity index (χ2v) is 6.15. The van der Waals surface area contributed by atoms with Crippen molar-refractivity contribution in [3.63, 3.8) is 0 Å². The number of hydrazone groups is 1. The highest BCUT2D eigenvalue weighted by molar-refractivity contribution is 5.99. The van der Waals surface area contributed by atoms with Gasteiger partial charge in [-0.25, -0.2) is 0 Å². The van der Waals surface area contributed by atoms with Gasteiger partial charge in [0.25, 0.3) is 11.6 Å². The van der Waals surface area contributed by atoms with Crippen molar-refractivity contribution >= 4 is 11.6 Å². The predicted octanol–water partition coefficient (Wildman–Crippen LogP) is 2.58. The summed E-state index contributed by atoms with van der Waals surface area (Å²) in [5.74, 6) is -1.05. The number of alkyl halides is 3. The summed E-state index contributed by atoms with van der Waals surface area (Å²) in [6.07, 6.45) is -3.28. The molecule has 1 aromatic rings. The van der Waals surface area contributed by atoms with Crippen LogP contribution in [0.15, 0.2) is 29.6 Å². The predicted molar refractivity (Wildman–Crippen MR) is 72.9 cm³/mol. The van der Waals surface area contributed by atoms with E-state index in [1.807, 2.05) is 0 Å². The van der Waals surface area contributed by atoms with Gasteiger partial charge in [0.1, 0.15) is 0 Å². The van der Waals surface area contributed by atoms with Gasteiger partial charge in [-0.05, 0) is 12.1 Å². The zero-order valence-electron chi connectivity index (χ0n) is 12.3. The van der Waals surface area contributed by atoms with E-state index in [4.69, 9.17) is 0 Å². The molecule has 1 aliphatic rings. The van der Waals surface area contributed by atoms with E-state index in [0.29, 0.717) is 0 Å². The molecule has 120 valence electrons. The molecule has 1 aliphatic heterocycles. The maximum atomic E-state index is 13.3. The number of hydrogen-bond acceptors (Lipinski definition) is 4. The fourth-order valence-electron chi connectivity index (χ4n) is 2.01. The molecule has 1 N–H and O–H groups in total. The van der Waals surface area contributed by atoms with Crippen molar-refractivity contribution in [3.8, 4) is 0 Å². The second kappa shape index (κ2) is 5.05. The van der Waals surface area contributed by atoms with Crippen LogP contribution in [-0.2, 0) is 0 Å². The minimum absolute atomic E-state index is 0.0796. The SMILES string of the molecule is CC(C)(C)C1=NN(C(=O)c2cccnc2)C(O)(C(F)(F)F)C1.